The monoisotopic (exact) mass is 380 g/mol. The zero-order valence-corrected chi connectivity index (χ0v) is 15.6. The van der Waals surface area contributed by atoms with Crippen molar-refractivity contribution in [2.75, 3.05) is 36.4 Å². The standard InChI is InChI=1S/C19H20N6OS/c26-18(21-16-6-8-20-9-7-16)24-10-12-25(13-11-24)19-22-17(23-27-19)14-15-4-2-1-3-5-15/h1-9H,10-14H2,(H,20,21,26). The molecule has 2 amide bonds. The second-order valence-electron chi connectivity index (χ2n) is 6.30. The van der Waals surface area contributed by atoms with Crippen LogP contribution in [0.1, 0.15) is 11.4 Å². The quantitative estimate of drug-likeness (QED) is 0.753. The van der Waals surface area contributed by atoms with Crippen molar-refractivity contribution in [3.8, 4) is 0 Å². The molecular formula is C19H20N6OS. The van der Waals surface area contributed by atoms with E-state index < -0.39 is 0 Å². The molecule has 4 rings (SSSR count). The lowest BCUT2D eigenvalue weighted by Crippen LogP contribution is -2.50. The minimum atomic E-state index is -0.0807. The summed E-state index contributed by atoms with van der Waals surface area (Å²) in [5.41, 5.74) is 1.96. The molecule has 0 unspecified atom stereocenters. The second-order valence-corrected chi connectivity index (χ2v) is 7.03. The fraction of sp³-hybridized carbons (Fsp3) is 0.263. The van der Waals surface area contributed by atoms with Crippen LogP contribution in [0.2, 0.25) is 0 Å². The molecule has 1 aliphatic rings. The maximum Gasteiger partial charge on any atom is 0.321 e. The largest absolute Gasteiger partial charge is 0.343 e. The van der Waals surface area contributed by atoms with Crippen LogP contribution in [0.4, 0.5) is 15.6 Å². The van der Waals surface area contributed by atoms with Gasteiger partial charge in [-0.15, -0.1) is 0 Å². The number of aromatic nitrogens is 3. The van der Waals surface area contributed by atoms with Gasteiger partial charge in [0.2, 0.25) is 5.13 Å². The Labute approximate surface area is 161 Å². The third kappa shape index (κ3) is 4.40. The maximum absolute atomic E-state index is 12.4. The number of pyridine rings is 1. The van der Waals surface area contributed by atoms with Gasteiger partial charge in [0, 0.05) is 62.2 Å². The van der Waals surface area contributed by atoms with E-state index in [1.807, 2.05) is 23.1 Å². The maximum atomic E-state index is 12.4. The third-order valence-corrected chi connectivity index (χ3v) is 5.25. The van der Waals surface area contributed by atoms with Crippen molar-refractivity contribution in [1.29, 1.82) is 0 Å². The number of carbonyl (C=O) groups is 1. The number of hydrogen-bond donors (Lipinski definition) is 1. The van der Waals surface area contributed by atoms with Crippen molar-refractivity contribution in [2.45, 2.75) is 6.42 Å². The van der Waals surface area contributed by atoms with E-state index in [1.54, 1.807) is 24.5 Å². The number of anilines is 2. The highest BCUT2D eigenvalue weighted by Crippen LogP contribution is 2.20. The molecular weight excluding hydrogens is 360 g/mol. The van der Waals surface area contributed by atoms with Crippen LogP contribution in [0.3, 0.4) is 0 Å². The molecule has 1 aromatic carbocycles. The van der Waals surface area contributed by atoms with Crippen LogP contribution in [-0.2, 0) is 6.42 Å². The summed E-state index contributed by atoms with van der Waals surface area (Å²) >= 11 is 1.43. The highest BCUT2D eigenvalue weighted by atomic mass is 32.1. The van der Waals surface area contributed by atoms with E-state index in [0.717, 1.165) is 36.2 Å². The zero-order chi connectivity index (χ0) is 18.5. The van der Waals surface area contributed by atoms with E-state index in [4.69, 9.17) is 0 Å². The van der Waals surface area contributed by atoms with Crippen molar-refractivity contribution in [3.05, 3.63) is 66.2 Å². The molecule has 8 heteroatoms. The van der Waals surface area contributed by atoms with Gasteiger partial charge in [-0.05, 0) is 17.7 Å². The van der Waals surface area contributed by atoms with Gasteiger partial charge in [-0.25, -0.2) is 9.78 Å². The summed E-state index contributed by atoms with van der Waals surface area (Å²) in [6, 6.07) is 13.7. The first-order valence-electron chi connectivity index (χ1n) is 8.85. The number of piperazine rings is 1. The molecule has 2 aromatic heterocycles. The lowest BCUT2D eigenvalue weighted by Gasteiger charge is -2.34. The van der Waals surface area contributed by atoms with Crippen LogP contribution in [0.5, 0.6) is 0 Å². The number of urea groups is 1. The second kappa shape index (κ2) is 8.13. The van der Waals surface area contributed by atoms with Gasteiger partial charge in [0.05, 0.1) is 0 Å². The van der Waals surface area contributed by atoms with Gasteiger partial charge in [-0.3, -0.25) is 4.98 Å². The fourth-order valence-electron chi connectivity index (χ4n) is 2.96. The van der Waals surface area contributed by atoms with Gasteiger partial charge in [-0.2, -0.15) is 4.37 Å². The Balaban J connectivity index is 1.31. The van der Waals surface area contributed by atoms with Gasteiger partial charge in [0.25, 0.3) is 0 Å². The van der Waals surface area contributed by atoms with Crippen LogP contribution < -0.4 is 10.2 Å². The van der Waals surface area contributed by atoms with Crippen molar-refractivity contribution in [2.24, 2.45) is 0 Å². The van der Waals surface area contributed by atoms with Crippen LogP contribution in [0, 0.1) is 0 Å². The molecule has 7 nitrogen and oxygen atoms in total. The van der Waals surface area contributed by atoms with Gasteiger partial charge < -0.3 is 15.1 Å². The van der Waals surface area contributed by atoms with Crippen LogP contribution in [0.25, 0.3) is 0 Å². The predicted molar refractivity (Wildman–Crippen MR) is 106 cm³/mol. The lowest BCUT2D eigenvalue weighted by molar-refractivity contribution is 0.208. The van der Waals surface area contributed by atoms with Gasteiger partial charge in [0.1, 0.15) is 5.82 Å². The van der Waals surface area contributed by atoms with E-state index in [0.29, 0.717) is 13.1 Å². The Kier molecular flexibility index (Phi) is 5.24. The molecule has 3 heterocycles. The van der Waals surface area contributed by atoms with Gasteiger partial charge >= 0.3 is 6.03 Å². The van der Waals surface area contributed by atoms with E-state index in [1.165, 1.54) is 17.1 Å². The molecule has 0 saturated carbocycles. The molecule has 0 radical (unpaired) electrons. The Morgan fingerprint density at radius 1 is 1.04 bits per heavy atom. The fourth-order valence-corrected chi connectivity index (χ4v) is 3.70. The lowest BCUT2D eigenvalue weighted by atomic mass is 10.1. The Morgan fingerprint density at radius 3 is 2.52 bits per heavy atom. The molecule has 138 valence electrons. The van der Waals surface area contributed by atoms with Crippen molar-refractivity contribution in [3.63, 3.8) is 0 Å². The molecule has 1 aliphatic heterocycles. The van der Waals surface area contributed by atoms with E-state index in [9.17, 15) is 4.79 Å². The number of carbonyl (C=O) groups excluding carboxylic acids is 1. The number of amides is 2. The molecule has 0 bridgehead atoms. The molecule has 3 aromatic rings. The molecule has 0 aliphatic carbocycles. The first kappa shape index (κ1) is 17.4. The first-order valence-corrected chi connectivity index (χ1v) is 9.63. The Hall–Kier alpha value is -3.00. The smallest absolute Gasteiger partial charge is 0.321 e. The normalized spacial score (nSPS) is 14.2. The van der Waals surface area contributed by atoms with Crippen molar-refractivity contribution in [1.82, 2.24) is 19.2 Å². The summed E-state index contributed by atoms with van der Waals surface area (Å²) in [7, 11) is 0. The topological polar surface area (TPSA) is 74.2 Å². The highest BCUT2D eigenvalue weighted by Gasteiger charge is 2.23. The summed E-state index contributed by atoms with van der Waals surface area (Å²) in [5.74, 6) is 0.846. The van der Waals surface area contributed by atoms with Crippen LogP contribution >= 0.6 is 11.5 Å². The number of hydrogen-bond acceptors (Lipinski definition) is 6. The molecule has 1 fully saturated rings. The van der Waals surface area contributed by atoms with Crippen LogP contribution in [0.15, 0.2) is 54.9 Å². The van der Waals surface area contributed by atoms with E-state index >= 15 is 0 Å². The van der Waals surface area contributed by atoms with Crippen LogP contribution in [-0.4, -0.2) is 51.5 Å². The Bertz CT molecular complexity index is 877. The third-order valence-electron chi connectivity index (χ3n) is 4.43. The minimum absolute atomic E-state index is 0.0807. The number of nitrogens with zero attached hydrogens (tertiary/aromatic N) is 5. The van der Waals surface area contributed by atoms with E-state index in [-0.39, 0.29) is 6.03 Å². The zero-order valence-electron chi connectivity index (χ0n) is 14.8. The number of nitrogens with one attached hydrogen (secondary N) is 1. The van der Waals surface area contributed by atoms with Crippen molar-refractivity contribution < 1.29 is 4.79 Å². The SMILES string of the molecule is O=C(Nc1ccncc1)N1CCN(c2nc(Cc3ccccc3)ns2)CC1. The van der Waals surface area contributed by atoms with E-state index in [2.05, 4.69) is 36.7 Å². The summed E-state index contributed by atoms with van der Waals surface area (Å²) in [6.07, 6.45) is 4.07. The van der Waals surface area contributed by atoms with Gasteiger partial charge in [0.15, 0.2) is 0 Å². The summed E-state index contributed by atoms with van der Waals surface area (Å²) in [4.78, 5) is 25.0. The number of rotatable bonds is 4. The molecule has 1 N–H and O–H groups in total. The summed E-state index contributed by atoms with van der Waals surface area (Å²) in [6.45, 7) is 2.82. The summed E-state index contributed by atoms with van der Waals surface area (Å²) < 4.78 is 4.49. The Morgan fingerprint density at radius 2 is 1.78 bits per heavy atom. The first-order chi connectivity index (χ1) is 13.3. The van der Waals surface area contributed by atoms with Gasteiger partial charge in [-0.1, -0.05) is 30.3 Å². The summed E-state index contributed by atoms with van der Waals surface area (Å²) in [5, 5.41) is 3.83. The predicted octanol–water partition coefficient (Wildman–Crippen LogP) is 2.88. The average molecular weight is 380 g/mol. The van der Waals surface area contributed by atoms with Crippen molar-refractivity contribution >= 4 is 28.4 Å². The highest BCUT2D eigenvalue weighted by molar-refractivity contribution is 7.09. The molecule has 0 atom stereocenters. The average Bonchev–Trinajstić information content (AvgIpc) is 3.18. The molecule has 1 saturated heterocycles. The molecule has 0 spiro atoms. The molecule has 27 heavy (non-hydrogen) atoms. The minimum Gasteiger partial charge on any atom is -0.343 e. The number of benzene rings is 1.